The topological polar surface area (TPSA) is 356 Å². The monoisotopic (exact) mass is 868 g/mol. The Morgan fingerprint density at radius 1 is 0.597 bits per heavy atom. The molecule has 0 heterocycles. The summed E-state index contributed by atoms with van der Waals surface area (Å²) >= 11 is 0. The number of hydrogen-bond acceptors (Lipinski definition) is 12. The van der Waals surface area contributed by atoms with Gasteiger partial charge in [-0.3, -0.25) is 38.4 Å². The van der Waals surface area contributed by atoms with Crippen molar-refractivity contribution in [1.82, 2.24) is 37.2 Å². The lowest BCUT2D eigenvalue weighted by atomic mass is 10.00. The van der Waals surface area contributed by atoms with Gasteiger partial charge in [0.2, 0.25) is 47.3 Å². The summed E-state index contributed by atoms with van der Waals surface area (Å²) in [7, 11) is 0. The van der Waals surface area contributed by atoms with Gasteiger partial charge in [-0.05, 0) is 74.2 Å². The molecule has 2 rings (SSSR count). The van der Waals surface area contributed by atoms with Gasteiger partial charge in [0, 0.05) is 12.8 Å². The normalized spacial score (nSPS) is 13.2. The third-order valence-electron chi connectivity index (χ3n) is 9.19. The molecule has 0 aliphatic rings. The van der Waals surface area contributed by atoms with Crippen molar-refractivity contribution in [1.29, 1.82) is 0 Å². The van der Waals surface area contributed by atoms with E-state index in [1.54, 1.807) is 42.5 Å². The summed E-state index contributed by atoms with van der Waals surface area (Å²) in [6.07, 6.45) is 0.696. The maximum atomic E-state index is 13.9. The Labute approximate surface area is 359 Å². The van der Waals surface area contributed by atoms with Crippen molar-refractivity contribution in [2.24, 2.45) is 23.1 Å². The zero-order valence-corrected chi connectivity index (χ0v) is 34.9. The van der Waals surface area contributed by atoms with Crippen molar-refractivity contribution in [2.75, 3.05) is 26.2 Å². The number of carbonyl (C=O) groups excluding carboxylic acids is 8. The van der Waals surface area contributed by atoms with Gasteiger partial charge in [-0.2, -0.15) is 0 Å². The zero-order chi connectivity index (χ0) is 46.2. The number of carboxylic acids is 1. The maximum Gasteiger partial charge on any atom is 0.326 e. The highest BCUT2D eigenvalue weighted by Crippen LogP contribution is 2.12. The molecule has 21 heteroatoms. The molecule has 21 nitrogen and oxygen atoms in total. The van der Waals surface area contributed by atoms with Gasteiger partial charge in [-0.15, -0.1) is 0 Å². The summed E-state index contributed by atoms with van der Waals surface area (Å²) in [5.74, 6) is -7.44. The minimum Gasteiger partial charge on any atom is -0.508 e. The number of primary amides is 1. The number of aromatic hydroxyl groups is 1. The van der Waals surface area contributed by atoms with Gasteiger partial charge in [-0.25, -0.2) is 4.79 Å². The average Bonchev–Trinajstić information content (AvgIpc) is 3.22. The van der Waals surface area contributed by atoms with Gasteiger partial charge >= 0.3 is 5.97 Å². The maximum absolute atomic E-state index is 13.9. The first kappa shape index (κ1) is 51.5. The van der Waals surface area contributed by atoms with Crippen LogP contribution in [0.15, 0.2) is 54.6 Å². The Morgan fingerprint density at radius 2 is 1.15 bits per heavy atom. The van der Waals surface area contributed by atoms with Crippen LogP contribution in [0.1, 0.15) is 63.5 Å². The zero-order valence-electron chi connectivity index (χ0n) is 34.9. The van der Waals surface area contributed by atoms with Crippen molar-refractivity contribution in [3.05, 3.63) is 65.7 Å². The van der Waals surface area contributed by atoms with Gasteiger partial charge in [0.05, 0.1) is 25.7 Å². The number of rotatable bonds is 28. The Balaban J connectivity index is 2.10. The number of nitrogens with two attached hydrogens (primary N) is 3. The lowest BCUT2D eigenvalue weighted by molar-refractivity contribution is -0.142. The first-order chi connectivity index (χ1) is 29.4. The first-order valence-electron chi connectivity index (χ1n) is 20.2. The predicted molar refractivity (Wildman–Crippen MR) is 225 cm³/mol. The largest absolute Gasteiger partial charge is 0.508 e. The molecule has 62 heavy (non-hydrogen) atoms. The third-order valence-corrected chi connectivity index (χ3v) is 9.19. The standard InChI is InChI=1S/C41H60N10O11/c1-24(2)18-31(39(59)50-29(10-6-7-17-42)38(58)47-23-36(56)48-30(41(61)62)15-16-33(44)53)51-40(60)32(20-25-8-4-3-5-9-25)49-35(55)22-45-34(54)21-46-37(57)28(43)19-26-11-13-27(52)14-12-26/h3-5,8-9,11-14,24,28-32,52H,6-7,10,15-23,42-43H2,1-2H3,(H2,44,53)(H,45,54)(H,46,57)(H,47,58)(H,48,56)(H,49,55)(H,50,59)(H,51,60)(H,61,62). The van der Waals surface area contributed by atoms with E-state index < -0.39 is 103 Å². The van der Waals surface area contributed by atoms with E-state index >= 15 is 0 Å². The number of carbonyl (C=O) groups is 9. The van der Waals surface area contributed by atoms with Crippen LogP contribution < -0.4 is 54.4 Å². The van der Waals surface area contributed by atoms with E-state index in [2.05, 4.69) is 37.2 Å². The van der Waals surface area contributed by atoms with Gasteiger partial charge in [0.15, 0.2) is 0 Å². The lowest BCUT2D eigenvalue weighted by Crippen LogP contribution is -2.58. The highest BCUT2D eigenvalue weighted by Gasteiger charge is 2.31. The quantitative estimate of drug-likeness (QED) is 0.0389. The van der Waals surface area contributed by atoms with Gasteiger partial charge in [0.25, 0.3) is 0 Å². The number of benzene rings is 2. The summed E-state index contributed by atoms with van der Waals surface area (Å²) in [5, 5.41) is 36.1. The first-order valence-corrected chi connectivity index (χ1v) is 20.2. The molecular formula is C41H60N10O11. The highest BCUT2D eigenvalue weighted by molar-refractivity contribution is 5.96. The van der Waals surface area contributed by atoms with Crippen molar-refractivity contribution in [2.45, 2.75) is 95.4 Å². The molecule has 0 aliphatic heterocycles. The highest BCUT2D eigenvalue weighted by atomic mass is 16.4. The lowest BCUT2D eigenvalue weighted by Gasteiger charge is -2.26. The van der Waals surface area contributed by atoms with Crippen LogP contribution >= 0.6 is 0 Å². The second-order valence-electron chi connectivity index (χ2n) is 15.0. The van der Waals surface area contributed by atoms with E-state index in [4.69, 9.17) is 17.2 Å². The van der Waals surface area contributed by atoms with Crippen molar-refractivity contribution >= 4 is 53.2 Å². The molecule has 0 fully saturated rings. The van der Waals surface area contributed by atoms with Crippen LogP contribution in [-0.4, -0.2) is 120 Å². The fourth-order valence-electron chi connectivity index (χ4n) is 5.91. The Bertz CT molecular complexity index is 1830. The minimum absolute atomic E-state index is 0.00516. The molecule has 340 valence electrons. The van der Waals surface area contributed by atoms with Crippen LogP contribution in [0.3, 0.4) is 0 Å². The van der Waals surface area contributed by atoms with Gasteiger partial charge < -0.3 is 64.6 Å². The Morgan fingerprint density at radius 3 is 1.74 bits per heavy atom. The summed E-state index contributed by atoms with van der Waals surface area (Å²) in [6.45, 7) is 2.21. The Hall–Kier alpha value is -6.61. The number of phenolic OH excluding ortho intramolecular Hbond substituents is 1. The fourth-order valence-corrected chi connectivity index (χ4v) is 5.91. The number of unbranched alkanes of at least 4 members (excludes halogenated alkanes) is 1. The van der Waals surface area contributed by atoms with Crippen LogP contribution in [0.25, 0.3) is 0 Å². The molecule has 0 bridgehead atoms. The molecule has 5 unspecified atom stereocenters. The van der Waals surface area contributed by atoms with E-state index in [1.165, 1.54) is 12.1 Å². The van der Waals surface area contributed by atoms with Crippen LogP contribution in [0.2, 0.25) is 0 Å². The average molecular weight is 869 g/mol. The van der Waals surface area contributed by atoms with Crippen molar-refractivity contribution < 1.29 is 53.4 Å². The number of phenols is 1. The van der Waals surface area contributed by atoms with Gasteiger partial charge in [-0.1, -0.05) is 56.3 Å². The van der Waals surface area contributed by atoms with E-state index in [0.29, 0.717) is 30.5 Å². The van der Waals surface area contributed by atoms with Crippen LogP contribution in [-0.2, 0) is 56.0 Å². The van der Waals surface area contributed by atoms with E-state index in [1.807, 2.05) is 13.8 Å². The van der Waals surface area contributed by atoms with Crippen LogP contribution in [0, 0.1) is 5.92 Å². The smallest absolute Gasteiger partial charge is 0.326 e. The number of carboxylic acid groups (broad SMARTS) is 1. The molecule has 5 atom stereocenters. The molecule has 8 amide bonds. The molecule has 0 saturated carbocycles. The Kier molecular flexibility index (Phi) is 22.7. The summed E-state index contributed by atoms with van der Waals surface area (Å²) in [4.78, 5) is 114. The number of amides is 8. The van der Waals surface area contributed by atoms with E-state index in [0.717, 1.165) is 0 Å². The molecule has 0 radical (unpaired) electrons. The number of aliphatic carboxylic acids is 1. The molecule has 15 N–H and O–H groups in total. The summed E-state index contributed by atoms with van der Waals surface area (Å²) < 4.78 is 0. The van der Waals surface area contributed by atoms with Crippen LogP contribution in [0.4, 0.5) is 0 Å². The molecule has 0 saturated heterocycles. The minimum atomic E-state index is -1.43. The summed E-state index contributed by atoms with van der Waals surface area (Å²) in [6, 6.07) is 8.77. The SMILES string of the molecule is CC(C)CC(NC(=O)C(Cc1ccccc1)NC(=O)CNC(=O)CNC(=O)C(N)Cc1ccc(O)cc1)C(=O)NC(CCCCN)C(=O)NCC(=O)NC(CCC(N)=O)C(=O)O. The molecule has 2 aromatic rings. The molecular weight excluding hydrogens is 809 g/mol. The van der Waals surface area contributed by atoms with E-state index in [9.17, 15) is 53.4 Å². The third kappa shape index (κ3) is 20.6. The van der Waals surface area contributed by atoms with E-state index in [-0.39, 0.29) is 50.2 Å². The predicted octanol–water partition coefficient (Wildman–Crippen LogP) is -2.68. The molecule has 0 aromatic heterocycles. The summed E-state index contributed by atoms with van der Waals surface area (Å²) in [5.41, 5.74) is 18.0. The van der Waals surface area contributed by atoms with Crippen LogP contribution in [0.5, 0.6) is 5.75 Å². The number of hydrogen-bond donors (Lipinski definition) is 12. The second-order valence-corrected chi connectivity index (χ2v) is 15.0. The second kappa shape index (κ2) is 27.3. The molecule has 0 aliphatic carbocycles. The van der Waals surface area contributed by atoms with Crippen molar-refractivity contribution in [3.63, 3.8) is 0 Å². The molecule has 2 aromatic carbocycles. The van der Waals surface area contributed by atoms with Gasteiger partial charge in [0.1, 0.15) is 29.9 Å². The molecule has 0 spiro atoms. The fraction of sp³-hybridized carbons (Fsp3) is 0.488. The van der Waals surface area contributed by atoms with Crippen molar-refractivity contribution in [3.8, 4) is 5.75 Å². The number of nitrogens with one attached hydrogen (secondary N) is 7.